The van der Waals surface area contributed by atoms with Crippen LogP contribution in [0.5, 0.6) is 5.75 Å². The molecule has 0 radical (unpaired) electrons. The van der Waals surface area contributed by atoms with Crippen molar-refractivity contribution in [2.45, 2.75) is 44.4 Å². The number of para-hydroxylation sites is 2. The van der Waals surface area contributed by atoms with Crippen LogP contribution in [0.1, 0.15) is 49.4 Å². The predicted molar refractivity (Wildman–Crippen MR) is 138 cm³/mol. The summed E-state index contributed by atoms with van der Waals surface area (Å²) in [6, 6.07) is 22.0. The van der Waals surface area contributed by atoms with Gasteiger partial charge in [-0.1, -0.05) is 67.3 Å². The maximum Gasteiger partial charge on any atom is 0.267 e. The second kappa shape index (κ2) is 10.3. The summed E-state index contributed by atoms with van der Waals surface area (Å²) in [5.74, 6) is 0.985. The Hall–Kier alpha value is -3.64. The van der Waals surface area contributed by atoms with Gasteiger partial charge in [0, 0.05) is 10.6 Å². The molecule has 0 saturated heterocycles. The molecule has 1 aliphatic carbocycles. The number of hydroxylamine groups is 1. The number of aromatic nitrogens is 2. The van der Waals surface area contributed by atoms with Crippen LogP contribution in [0.3, 0.4) is 0 Å². The molecule has 6 nitrogen and oxygen atoms in total. The molecular formula is C28H26ClN3O3. The molecule has 0 aliphatic heterocycles. The normalized spacial score (nSPS) is 14.1. The van der Waals surface area contributed by atoms with E-state index in [1.165, 1.54) is 24.3 Å². The molecule has 0 unspecified atom stereocenters. The lowest BCUT2D eigenvalue weighted by atomic mass is 9.84. The van der Waals surface area contributed by atoms with Crippen molar-refractivity contribution >= 4 is 34.1 Å². The Balaban J connectivity index is 1.46. The number of nitrogens with one attached hydrogen (secondary N) is 1. The number of halogens is 1. The number of amides is 1. The van der Waals surface area contributed by atoms with E-state index in [1.807, 2.05) is 48.5 Å². The summed E-state index contributed by atoms with van der Waals surface area (Å²) >= 11 is 6.08. The first-order valence-electron chi connectivity index (χ1n) is 11.9. The van der Waals surface area contributed by atoms with Crippen LogP contribution in [0.25, 0.3) is 10.9 Å². The number of benzene rings is 3. The number of anilines is 1. The molecule has 1 fully saturated rings. The first-order valence-corrected chi connectivity index (χ1v) is 12.3. The van der Waals surface area contributed by atoms with Crippen molar-refractivity contribution in [1.82, 2.24) is 9.97 Å². The second-order valence-electron chi connectivity index (χ2n) is 8.84. The SMILES string of the molecule is O=C(Cc1nc2cc(Cl)ccc2c(=O)[nH]1)N(Oc1ccccc1C1CCCCC1)c1ccccc1. The number of hydrogen-bond acceptors (Lipinski definition) is 4. The van der Waals surface area contributed by atoms with Crippen LogP contribution in [0.2, 0.25) is 5.02 Å². The van der Waals surface area contributed by atoms with Crippen molar-refractivity contribution in [3.05, 3.63) is 99.6 Å². The minimum atomic E-state index is -0.348. The lowest BCUT2D eigenvalue weighted by molar-refractivity contribution is -0.122. The molecule has 178 valence electrons. The largest absolute Gasteiger partial charge is 0.372 e. The van der Waals surface area contributed by atoms with Crippen LogP contribution < -0.4 is 15.5 Å². The van der Waals surface area contributed by atoms with Gasteiger partial charge in [0.2, 0.25) is 0 Å². The van der Waals surface area contributed by atoms with Gasteiger partial charge in [-0.3, -0.25) is 9.59 Å². The molecule has 0 atom stereocenters. The van der Waals surface area contributed by atoms with Crippen LogP contribution in [0.4, 0.5) is 5.69 Å². The number of carbonyl (C=O) groups excluding carboxylic acids is 1. The van der Waals surface area contributed by atoms with Crippen LogP contribution in [0, 0.1) is 0 Å². The lowest BCUT2D eigenvalue weighted by Crippen LogP contribution is -2.36. The molecule has 7 heteroatoms. The van der Waals surface area contributed by atoms with E-state index in [9.17, 15) is 9.59 Å². The smallest absolute Gasteiger partial charge is 0.267 e. The van der Waals surface area contributed by atoms with Gasteiger partial charge in [-0.25, -0.2) is 4.98 Å². The maximum absolute atomic E-state index is 13.5. The number of fused-ring (bicyclic) bond motifs is 1. The van der Waals surface area contributed by atoms with Gasteiger partial charge < -0.3 is 9.82 Å². The van der Waals surface area contributed by atoms with Gasteiger partial charge in [-0.05, 0) is 55.2 Å². The lowest BCUT2D eigenvalue weighted by Gasteiger charge is -2.27. The summed E-state index contributed by atoms with van der Waals surface area (Å²) < 4.78 is 0. The van der Waals surface area contributed by atoms with Gasteiger partial charge in [0.1, 0.15) is 5.82 Å². The van der Waals surface area contributed by atoms with Gasteiger partial charge in [-0.2, -0.15) is 0 Å². The summed E-state index contributed by atoms with van der Waals surface area (Å²) in [7, 11) is 0. The fourth-order valence-corrected chi connectivity index (χ4v) is 4.85. The van der Waals surface area contributed by atoms with E-state index in [0.29, 0.717) is 33.3 Å². The maximum atomic E-state index is 13.5. The molecular weight excluding hydrogens is 462 g/mol. The Morgan fingerprint density at radius 3 is 2.54 bits per heavy atom. The molecule has 5 rings (SSSR count). The highest BCUT2D eigenvalue weighted by atomic mass is 35.5. The van der Waals surface area contributed by atoms with E-state index in [4.69, 9.17) is 16.4 Å². The van der Waals surface area contributed by atoms with E-state index in [2.05, 4.69) is 16.0 Å². The number of aromatic amines is 1. The molecule has 0 bridgehead atoms. The highest BCUT2D eigenvalue weighted by molar-refractivity contribution is 6.31. The Morgan fingerprint density at radius 2 is 1.74 bits per heavy atom. The van der Waals surface area contributed by atoms with Crippen molar-refractivity contribution in [3.63, 3.8) is 0 Å². The zero-order chi connectivity index (χ0) is 24.2. The number of H-pyrrole nitrogens is 1. The fourth-order valence-electron chi connectivity index (χ4n) is 4.68. The van der Waals surface area contributed by atoms with E-state index in [0.717, 1.165) is 18.4 Å². The molecule has 1 heterocycles. The van der Waals surface area contributed by atoms with Crippen molar-refractivity contribution < 1.29 is 9.63 Å². The zero-order valence-electron chi connectivity index (χ0n) is 19.2. The van der Waals surface area contributed by atoms with Crippen LogP contribution in [-0.4, -0.2) is 15.9 Å². The number of nitrogens with zero attached hydrogens (tertiary/aromatic N) is 2. The topological polar surface area (TPSA) is 75.3 Å². The number of carbonyl (C=O) groups is 1. The Morgan fingerprint density at radius 1 is 1.00 bits per heavy atom. The van der Waals surface area contributed by atoms with Gasteiger partial charge in [0.25, 0.3) is 11.5 Å². The van der Waals surface area contributed by atoms with E-state index in [-0.39, 0.29) is 23.7 Å². The first kappa shape index (κ1) is 23.1. The summed E-state index contributed by atoms with van der Waals surface area (Å²) in [5.41, 5.74) is 1.85. The molecule has 1 aliphatic rings. The first-order chi connectivity index (χ1) is 17.1. The third kappa shape index (κ3) is 5.23. The van der Waals surface area contributed by atoms with E-state index in [1.54, 1.807) is 18.2 Å². The van der Waals surface area contributed by atoms with Crippen LogP contribution in [-0.2, 0) is 11.2 Å². The van der Waals surface area contributed by atoms with Crippen molar-refractivity contribution in [2.75, 3.05) is 5.06 Å². The summed E-state index contributed by atoms with van der Waals surface area (Å²) in [4.78, 5) is 39.6. The Labute approximate surface area is 208 Å². The van der Waals surface area contributed by atoms with E-state index < -0.39 is 0 Å². The summed E-state index contributed by atoms with van der Waals surface area (Å²) in [5, 5.41) is 2.19. The summed E-state index contributed by atoms with van der Waals surface area (Å²) in [6.07, 6.45) is 5.75. The Bertz CT molecular complexity index is 1400. The molecule has 1 N–H and O–H groups in total. The van der Waals surface area contributed by atoms with Crippen LogP contribution in [0.15, 0.2) is 77.6 Å². The van der Waals surface area contributed by atoms with Gasteiger partial charge in [-0.15, -0.1) is 5.06 Å². The van der Waals surface area contributed by atoms with Crippen molar-refractivity contribution in [2.24, 2.45) is 0 Å². The highest BCUT2D eigenvalue weighted by Gasteiger charge is 2.24. The second-order valence-corrected chi connectivity index (χ2v) is 9.28. The van der Waals surface area contributed by atoms with E-state index >= 15 is 0 Å². The zero-order valence-corrected chi connectivity index (χ0v) is 20.0. The molecule has 0 spiro atoms. The quantitative estimate of drug-likeness (QED) is 0.329. The third-order valence-electron chi connectivity index (χ3n) is 6.41. The predicted octanol–water partition coefficient (Wildman–Crippen LogP) is 6.19. The number of hydrogen-bond donors (Lipinski definition) is 1. The summed E-state index contributed by atoms with van der Waals surface area (Å²) in [6.45, 7) is 0. The standard InChI is InChI=1S/C28H26ClN3O3/c29-20-15-16-23-24(17-20)30-26(31-28(23)34)18-27(33)32(21-11-5-2-6-12-21)35-25-14-8-7-13-22(25)19-9-3-1-4-10-19/h2,5-8,11-17,19H,1,3-4,9-10,18H2,(H,30,31,34). The highest BCUT2D eigenvalue weighted by Crippen LogP contribution is 2.38. The number of rotatable bonds is 6. The molecule has 3 aromatic carbocycles. The average molecular weight is 488 g/mol. The molecule has 1 saturated carbocycles. The van der Waals surface area contributed by atoms with Crippen LogP contribution >= 0.6 is 11.6 Å². The average Bonchev–Trinajstić information content (AvgIpc) is 2.88. The minimum Gasteiger partial charge on any atom is -0.372 e. The molecule has 1 amide bonds. The minimum absolute atomic E-state index is 0.141. The third-order valence-corrected chi connectivity index (χ3v) is 6.64. The molecule has 1 aromatic heterocycles. The van der Waals surface area contributed by atoms with Gasteiger partial charge in [0.05, 0.1) is 23.0 Å². The van der Waals surface area contributed by atoms with Crippen molar-refractivity contribution in [3.8, 4) is 5.75 Å². The Kier molecular flexibility index (Phi) is 6.82. The molecule has 4 aromatic rings. The van der Waals surface area contributed by atoms with Gasteiger partial charge in [0.15, 0.2) is 5.75 Å². The van der Waals surface area contributed by atoms with Crippen molar-refractivity contribution in [1.29, 1.82) is 0 Å². The monoisotopic (exact) mass is 487 g/mol. The van der Waals surface area contributed by atoms with Gasteiger partial charge >= 0.3 is 0 Å². The molecule has 35 heavy (non-hydrogen) atoms. The fraction of sp³-hybridized carbons (Fsp3) is 0.250.